The molecule has 0 radical (unpaired) electrons. The summed E-state index contributed by atoms with van der Waals surface area (Å²) < 4.78 is 11.1. The van der Waals surface area contributed by atoms with Crippen molar-refractivity contribution >= 4 is 11.7 Å². The predicted molar refractivity (Wildman–Crippen MR) is 87.4 cm³/mol. The minimum absolute atomic E-state index is 0.179. The molecule has 1 heterocycles. The Morgan fingerprint density at radius 2 is 2.18 bits per heavy atom. The lowest BCUT2D eigenvalue weighted by Gasteiger charge is -2.22. The van der Waals surface area contributed by atoms with E-state index in [1.54, 1.807) is 0 Å². The Labute approximate surface area is 132 Å². The number of benzene rings is 1. The van der Waals surface area contributed by atoms with E-state index in [2.05, 4.69) is 17.6 Å². The standard InChI is InChI=1S/C17H26N2O3/c1-3-13(2)22-16-8-6-15(7-9-16)19-17(20)18-11-14-5-4-10-21-12-14/h6-9,13-14H,3-5,10-12H2,1-2H3,(H2,18,19,20)/t13-,14-/m0/s1. The van der Waals surface area contributed by atoms with Gasteiger partial charge in [0, 0.05) is 18.8 Å². The maximum atomic E-state index is 11.9. The van der Waals surface area contributed by atoms with Gasteiger partial charge in [-0.15, -0.1) is 0 Å². The first-order valence-corrected chi connectivity index (χ1v) is 8.06. The molecule has 1 fully saturated rings. The Morgan fingerprint density at radius 1 is 1.41 bits per heavy atom. The van der Waals surface area contributed by atoms with Gasteiger partial charge in [0.15, 0.2) is 0 Å². The van der Waals surface area contributed by atoms with E-state index in [1.165, 1.54) is 0 Å². The summed E-state index contributed by atoms with van der Waals surface area (Å²) in [7, 11) is 0. The molecular weight excluding hydrogens is 280 g/mol. The number of hydrogen-bond donors (Lipinski definition) is 2. The van der Waals surface area contributed by atoms with Gasteiger partial charge in [0.05, 0.1) is 12.7 Å². The molecule has 0 saturated carbocycles. The molecule has 2 atom stereocenters. The summed E-state index contributed by atoms with van der Waals surface area (Å²) in [6.07, 6.45) is 3.35. The first-order chi connectivity index (χ1) is 10.7. The van der Waals surface area contributed by atoms with E-state index in [1.807, 2.05) is 31.2 Å². The highest BCUT2D eigenvalue weighted by Crippen LogP contribution is 2.17. The van der Waals surface area contributed by atoms with Crippen LogP contribution in [0.2, 0.25) is 0 Å². The van der Waals surface area contributed by atoms with Crippen LogP contribution in [0.25, 0.3) is 0 Å². The summed E-state index contributed by atoms with van der Waals surface area (Å²) in [5.41, 5.74) is 0.758. The van der Waals surface area contributed by atoms with Crippen LogP contribution < -0.4 is 15.4 Å². The van der Waals surface area contributed by atoms with Crippen LogP contribution in [0.3, 0.4) is 0 Å². The summed E-state index contributed by atoms with van der Waals surface area (Å²) >= 11 is 0. The van der Waals surface area contributed by atoms with Crippen LogP contribution in [0.5, 0.6) is 5.75 Å². The molecule has 1 saturated heterocycles. The van der Waals surface area contributed by atoms with Gasteiger partial charge in [-0.3, -0.25) is 0 Å². The minimum atomic E-state index is -0.179. The maximum absolute atomic E-state index is 11.9. The monoisotopic (exact) mass is 306 g/mol. The van der Waals surface area contributed by atoms with Crippen molar-refractivity contribution in [3.8, 4) is 5.75 Å². The highest BCUT2D eigenvalue weighted by molar-refractivity contribution is 5.89. The van der Waals surface area contributed by atoms with Crippen LogP contribution in [0.15, 0.2) is 24.3 Å². The Kier molecular flexibility index (Phi) is 6.52. The molecule has 0 aliphatic carbocycles. The third-order valence-corrected chi connectivity index (χ3v) is 3.83. The first-order valence-electron chi connectivity index (χ1n) is 8.06. The van der Waals surface area contributed by atoms with Crippen molar-refractivity contribution in [3.05, 3.63) is 24.3 Å². The van der Waals surface area contributed by atoms with Crippen molar-refractivity contribution in [1.82, 2.24) is 5.32 Å². The van der Waals surface area contributed by atoms with Crippen molar-refractivity contribution in [2.45, 2.75) is 39.2 Å². The summed E-state index contributed by atoms with van der Waals surface area (Å²) in [4.78, 5) is 11.9. The molecule has 5 nitrogen and oxygen atoms in total. The van der Waals surface area contributed by atoms with E-state index in [0.29, 0.717) is 12.5 Å². The highest BCUT2D eigenvalue weighted by Gasteiger charge is 2.14. The minimum Gasteiger partial charge on any atom is -0.491 e. The Hall–Kier alpha value is -1.75. The molecule has 5 heteroatoms. The van der Waals surface area contributed by atoms with Crippen LogP contribution in [0.4, 0.5) is 10.5 Å². The van der Waals surface area contributed by atoms with Gasteiger partial charge in [-0.2, -0.15) is 0 Å². The molecular formula is C17H26N2O3. The van der Waals surface area contributed by atoms with E-state index >= 15 is 0 Å². The van der Waals surface area contributed by atoms with Crippen molar-refractivity contribution in [2.75, 3.05) is 25.1 Å². The molecule has 1 aromatic rings. The average molecular weight is 306 g/mol. The van der Waals surface area contributed by atoms with E-state index in [9.17, 15) is 4.79 Å². The molecule has 0 unspecified atom stereocenters. The molecule has 2 N–H and O–H groups in total. The topological polar surface area (TPSA) is 59.6 Å². The number of rotatable bonds is 6. The van der Waals surface area contributed by atoms with E-state index in [4.69, 9.17) is 9.47 Å². The summed E-state index contributed by atoms with van der Waals surface area (Å²) in [6, 6.07) is 7.26. The summed E-state index contributed by atoms with van der Waals surface area (Å²) in [6.45, 7) is 6.35. The molecule has 1 aliphatic rings. The number of anilines is 1. The molecule has 1 aromatic carbocycles. The quantitative estimate of drug-likeness (QED) is 0.846. The van der Waals surface area contributed by atoms with Crippen molar-refractivity contribution in [1.29, 1.82) is 0 Å². The maximum Gasteiger partial charge on any atom is 0.319 e. The smallest absolute Gasteiger partial charge is 0.319 e. The molecule has 122 valence electrons. The van der Waals surface area contributed by atoms with E-state index < -0.39 is 0 Å². The second-order valence-electron chi connectivity index (χ2n) is 5.78. The molecule has 0 spiro atoms. The number of carbonyl (C=O) groups is 1. The largest absolute Gasteiger partial charge is 0.491 e. The Bertz CT molecular complexity index is 455. The molecule has 0 bridgehead atoms. The van der Waals surface area contributed by atoms with Crippen molar-refractivity contribution in [3.63, 3.8) is 0 Å². The van der Waals surface area contributed by atoms with Gasteiger partial charge in [0.25, 0.3) is 0 Å². The first kappa shape index (κ1) is 16.6. The number of amides is 2. The highest BCUT2D eigenvalue weighted by atomic mass is 16.5. The zero-order valence-corrected chi connectivity index (χ0v) is 13.4. The second kappa shape index (κ2) is 8.63. The van der Waals surface area contributed by atoms with E-state index in [0.717, 1.165) is 43.9 Å². The number of carbonyl (C=O) groups excluding carboxylic acids is 1. The van der Waals surface area contributed by atoms with E-state index in [-0.39, 0.29) is 12.1 Å². The third-order valence-electron chi connectivity index (χ3n) is 3.83. The number of urea groups is 1. The molecule has 22 heavy (non-hydrogen) atoms. The average Bonchev–Trinajstić information content (AvgIpc) is 2.55. The zero-order valence-electron chi connectivity index (χ0n) is 13.4. The lowest BCUT2D eigenvalue weighted by Crippen LogP contribution is -2.35. The van der Waals surface area contributed by atoms with Crippen LogP contribution >= 0.6 is 0 Å². The lowest BCUT2D eigenvalue weighted by atomic mass is 10.0. The fourth-order valence-corrected chi connectivity index (χ4v) is 2.31. The molecule has 0 aromatic heterocycles. The Morgan fingerprint density at radius 3 is 2.82 bits per heavy atom. The number of hydrogen-bond acceptors (Lipinski definition) is 3. The number of nitrogens with one attached hydrogen (secondary N) is 2. The van der Waals surface area contributed by atoms with Crippen molar-refractivity contribution < 1.29 is 14.3 Å². The number of ether oxygens (including phenoxy) is 2. The summed E-state index contributed by atoms with van der Waals surface area (Å²) in [5.74, 6) is 1.24. The second-order valence-corrected chi connectivity index (χ2v) is 5.78. The van der Waals surface area contributed by atoms with Crippen LogP contribution in [-0.4, -0.2) is 31.9 Å². The Balaban J connectivity index is 1.73. The van der Waals surface area contributed by atoms with Gasteiger partial charge in [-0.1, -0.05) is 6.92 Å². The fraction of sp³-hybridized carbons (Fsp3) is 0.588. The SMILES string of the molecule is CC[C@H](C)Oc1ccc(NC(=O)NC[C@@H]2CCCOC2)cc1. The van der Waals surface area contributed by atoms with Gasteiger partial charge in [0.2, 0.25) is 0 Å². The summed E-state index contributed by atoms with van der Waals surface area (Å²) in [5, 5.41) is 5.73. The lowest BCUT2D eigenvalue weighted by molar-refractivity contribution is 0.0559. The molecule has 1 aliphatic heterocycles. The zero-order chi connectivity index (χ0) is 15.8. The fourth-order valence-electron chi connectivity index (χ4n) is 2.31. The van der Waals surface area contributed by atoms with Gasteiger partial charge >= 0.3 is 6.03 Å². The third kappa shape index (κ3) is 5.56. The normalized spacial score (nSPS) is 19.3. The van der Waals surface area contributed by atoms with Crippen LogP contribution in [-0.2, 0) is 4.74 Å². The predicted octanol–water partition coefficient (Wildman–Crippen LogP) is 3.41. The molecule has 2 amide bonds. The van der Waals surface area contributed by atoms with Crippen LogP contribution in [0.1, 0.15) is 33.1 Å². The van der Waals surface area contributed by atoms with Crippen molar-refractivity contribution in [2.24, 2.45) is 5.92 Å². The van der Waals surface area contributed by atoms with Gasteiger partial charge in [-0.05, 0) is 56.4 Å². The molecule has 2 rings (SSSR count). The van der Waals surface area contributed by atoms with Crippen LogP contribution in [0, 0.1) is 5.92 Å². The van der Waals surface area contributed by atoms with Gasteiger partial charge < -0.3 is 20.1 Å². The van der Waals surface area contributed by atoms with Gasteiger partial charge in [-0.25, -0.2) is 4.79 Å². The van der Waals surface area contributed by atoms with Gasteiger partial charge in [0.1, 0.15) is 5.75 Å².